The van der Waals surface area contributed by atoms with Gasteiger partial charge in [-0.3, -0.25) is 0 Å². The van der Waals surface area contributed by atoms with Gasteiger partial charge < -0.3 is 5.32 Å². The van der Waals surface area contributed by atoms with Crippen LogP contribution in [-0.2, 0) is 6.54 Å². The molecule has 102 valence electrons. The lowest BCUT2D eigenvalue weighted by atomic mass is 10.2. The summed E-state index contributed by atoms with van der Waals surface area (Å²) in [5.74, 6) is 0.745. The molecule has 1 aromatic carbocycles. The van der Waals surface area contributed by atoms with Crippen LogP contribution in [0.25, 0.3) is 5.69 Å². The van der Waals surface area contributed by atoms with Gasteiger partial charge in [-0.2, -0.15) is 4.68 Å². The minimum Gasteiger partial charge on any atom is -0.308 e. The van der Waals surface area contributed by atoms with Gasteiger partial charge in [0.1, 0.15) is 0 Å². The third-order valence-corrected chi connectivity index (χ3v) is 3.70. The molecule has 19 heavy (non-hydrogen) atoms. The maximum Gasteiger partial charge on any atom is 0.170 e. The molecular weight excluding hydrogens is 330 g/mol. The summed E-state index contributed by atoms with van der Waals surface area (Å²) in [5.41, 5.74) is 1.84. The molecule has 0 saturated heterocycles. The molecule has 2 aromatic rings. The molecule has 0 aliphatic rings. The summed E-state index contributed by atoms with van der Waals surface area (Å²) in [4.78, 5) is 0. The van der Waals surface area contributed by atoms with E-state index in [1.165, 1.54) is 0 Å². The number of aryl methyl sites for hydroxylation is 1. The first-order chi connectivity index (χ1) is 8.99. The predicted molar refractivity (Wildman–Crippen MR) is 78.6 cm³/mol. The zero-order valence-electron chi connectivity index (χ0n) is 11.0. The summed E-state index contributed by atoms with van der Waals surface area (Å²) in [6.07, 6.45) is 0. The molecule has 0 aliphatic carbocycles. The van der Waals surface area contributed by atoms with E-state index in [1.807, 2.05) is 19.1 Å². The molecule has 0 bridgehead atoms. The largest absolute Gasteiger partial charge is 0.308 e. The Bertz CT molecular complexity index is 581. The minimum absolute atomic E-state index is 0.371. The number of benzene rings is 1. The molecule has 7 heteroatoms. The van der Waals surface area contributed by atoms with Gasteiger partial charge in [-0.25, -0.2) is 0 Å². The summed E-state index contributed by atoms with van der Waals surface area (Å²) in [5, 5.41) is 15.8. The van der Waals surface area contributed by atoms with Gasteiger partial charge in [0.15, 0.2) is 5.82 Å². The first-order valence-electron chi connectivity index (χ1n) is 5.95. The molecule has 0 aliphatic heterocycles. The highest BCUT2D eigenvalue weighted by Gasteiger charge is 2.13. The van der Waals surface area contributed by atoms with Crippen molar-refractivity contribution in [2.24, 2.45) is 0 Å². The summed E-state index contributed by atoms with van der Waals surface area (Å²) >= 11 is 9.69. The smallest absolute Gasteiger partial charge is 0.170 e. The quantitative estimate of drug-likeness (QED) is 0.926. The van der Waals surface area contributed by atoms with E-state index in [9.17, 15) is 0 Å². The molecule has 1 aromatic heterocycles. The van der Waals surface area contributed by atoms with Gasteiger partial charge in [0.2, 0.25) is 0 Å². The lowest BCUT2D eigenvalue weighted by Gasteiger charge is -2.10. The van der Waals surface area contributed by atoms with Gasteiger partial charge in [-0.1, -0.05) is 25.4 Å². The van der Waals surface area contributed by atoms with E-state index in [2.05, 4.69) is 50.6 Å². The summed E-state index contributed by atoms with van der Waals surface area (Å²) in [7, 11) is 0. The third kappa shape index (κ3) is 3.32. The average molecular weight is 345 g/mol. The Morgan fingerprint density at radius 3 is 2.84 bits per heavy atom. The SMILES string of the molecule is Cc1cc(Br)c(-n2nnnc2CNC(C)C)cc1Cl. The number of rotatable bonds is 4. The molecule has 0 fully saturated rings. The fourth-order valence-corrected chi connectivity index (χ4v) is 2.38. The van der Waals surface area contributed by atoms with E-state index in [1.54, 1.807) is 4.68 Å². The number of hydrogen-bond acceptors (Lipinski definition) is 4. The lowest BCUT2D eigenvalue weighted by molar-refractivity contribution is 0.563. The maximum atomic E-state index is 6.16. The standard InChI is InChI=1S/C12H15BrClN5/c1-7(2)15-6-12-16-17-18-19(12)11-5-10(14)8(3)4-9(11)13/h4-5,7,15H,6H2,1-3H3. The molecule has 0 radical (unpaired) electrons. The Hall–Kier alpha value is -0.980. The summed E-state index contributed by atoms with van der Waals surface area (Å²) in [6, 6.07) is 4.19. The normalized spacial score (nSPS) is 11.3. The van der Waals surface area contributed by atoms with Crippen LogP contribution in [0.1, 0.15) is 25.2 Å². The van der Waals surface area contributed by atoms with E-state index in [4.69, 9.17) is 11.6 Å². The molecule has 0 amide bonds. The Labute approximate surface area is 125 Å². The van der Waals surface area contributed by atoms with Crippen LogP contribution in [0.15, 0.2) is 16.6 Å². The van der Waals surface area contributed by atoms with E-state index in [0.29, 0.717) is 17.6 Å². The molecule has 0 spiro atoms. The number of tetrazole rings is 1. The van der Waals surface area contributed by atoms with Crippen molar-refractivity contribution in [3.8, 4) is 5.69 Å². The molecule has 5 nitrogen and oxygen atoms in total. The van der Waals surface area contributed by atoms with Crippen LogP contribution in [0.4, 0.5) is 0 Å². The molecule has 0 saturated carbocycles. The van der Waals surface area contributed by atoms with Crippen LogP contribution < -0.4 is 5.32 Å². The van der Waals surface area contributed by atoms with Crippen molar-refractivity contribution in [1.82, 2.24) is 25.5 Å². The molecule has 0 atom stereocenters. The Morgan fingerprint density at radius 2 is 2.16 bits per heavy atom. The average Bonchev–Trinajstić information content (AvgIpc) is 2.79. The Balaban J connectivity index is 2.37. The monoisotopic (exact) mass is 343 g/mol. The van der Waals surface area contributed by atoms with Crippen LogP contribution in [0, 0.1) is 6.92 Å². The maximum absolute atomic E-state index is 6.16. The number of aromatic nitrogens is 4. The highest BCUT2D eigenvalue weighted by Crippen LogP contribution is 2.27. The second-order valence-electron chi connectivity index (χ2n) is 4.60. The first-order valence-corrected chi connectivity index (χ1v) is 7.12. The van der Waals surface area contributed by atoms with Gasteiger partial charge in [-0.15, -0.1) is 5.10 Å². The zero-order valence-corrected chi connectivity index (χ0v) is 13.3. The fraction of sp³-hybridized carbons (Fsp3) is 0.417. The Kier molecular flexibility index (Phi) is 4.54. The molecule has 1 heterocycles. The first kappa shape index (κ1) is 14.4. The van der Waals surface area contributed by atoms with Crippen LogP contribution >= 0.6 is 27.5 Å². The van der Waals surface area contributed by atoms with Crippen molar-refractivity contribution in [1.29, 1.82) is 0 Å². The van der Waals surface area contributed by atoms with E-state index >= 15 is 0 Å². The van der Waals surface area contributed by atoms with Crippen LogP contribution in [0.5, 0.6) is 0 Å². The van der Waals surface area contributed by atoms with Crippen LogP contribution in [0.2, 0.25) is 5.02 Å². The van der Waals surface area contributed by atoms with Gasteiger partial charge in [0, 0.05) is 15.5 Å². The number of hydrogen-bond donors (Lipinski definition) is 1. The van der Waals surface area contributed by atoms with Gasteiger partial charge in [-0.05, 0) is 51.0 Å². The van der Waals surface area contributed by atoms with E-state index in [0.717, 1.165) is 21.5 Å². The number of nitrogens with zero attached hydrogens (tertiary/aromatic N) is 4. The Morgan fingerprint density at radius 1 is 1.42 bits per heavy atom. The molecule has 2 rings (SSSR count). The van der Waals surface area contributed by atoms with Crippen molar-refractivity contribution in [2.75, 3.05) is 0 Å². The highest BCUT2D eigenvalue weighted by molar-refractivity contribution is 9.10. The topological polar surface area (TPSA) is 55.6 Å². The molecule has 0 unspecified atom stereocenters. The van der Waals surface area contributed by atoms with Gasteiger partial charge in [0.05, 0.1) is 12.2 Å². The minimum atomic E-state index is 0.371. The van der Waals surface area contributed by atoms with E-state index in [-0.39, 0.29) is 0 Å². The van der Waals surface area contributed by atoms with Crippen LogP contribution in [0.3, 0.4) is 0 Å². The number of halogens is 2. The summed E-state index contributed by atoms with van der Waals surface area (Å²) in [6.45, 7) is 6.71. The highest BCUT2D eigenvalue weighted by atomic mass is 79.9. The zero-order chi connectivity index (χ0) is 14.0. The fourth-order valence-electron chi connectivity index (χ4n) is 1.60. The second-order valence-corrected chi connectivity index (χ2v) is 5.86. The van der Waals surface area contributed by atoms with Crippen molar-refractivity contribution < 1.29 is 0 Å². The predicted octanol–water partition coefficient (Wildman–Crippen LogP) is 2.88. The van der Waals surface area contributed by atoms with Crippen molar-refractivity contribution in [3.05, 3.63) is 33.0 Å². The lowest BCUT2D eigenvalue weighted by Crippen LogP contribution is -2.24. The van der Waals surface area contributed by atoms with Crippen LogP contribution in [-0.4, -0.2) is 26.2 Å². The van der Waals surface area contributed by atoms with E-state index < -0.39 is 0 Å². The number of nitrogens with one attached hydrogen (secondary N) is 1. The van der Waals surface area contributed by atoms with Crippen molar-refractivity contribution >= 4 is 27.5 Å². The van der Waals surface area contributed by atoms with Gasteiger partial charge >= 0.3 is 0 Å². The van der Waals surface area contributed by atoms with Crippen molar-refractivity contribution in [3.63, 3.8) is 0 Å². The van der Waals surface area contributed by atoms with Crippen molar-refractivity contribution in [2.45, 2.75) is 33.4 Å². The summed E-state index contributed by atoms with van der Waals surface area (Å²) < 4.78 is 2.60. The molecular formula is C12H15BrClN5. The third-order valence-electron chi connectivity index (χ3n) is 2.66. The molecule has 1 N–H and O–H groups in total. The second kappa shape index (κ2) is 5.98. The van der Waals surface area contributed by atoms with Gasteiger partial charge in [0.25, 0.3) is 0 Å².